The van der Waals surface area contributed by atoms with Crippen LogP contribution in [-0.4, -0.2) is 43.3 Å². The third kappa shape index (κ3) is 14.6. The van der Waals surface area contributed by atoms with E-state index in [0.29, 0.717) is 12.1 Å². The fourth-order valence-corrected chi connectivity index (χ4v) is 3.96. The van der Waals surface area contributed by atoms with Gasteiger partial charge in [0.1, 0.15) is 5.75 Å². The van der Waals surface area contributed by atoms with Crippen LogP contribution < -0.4 is 10.1 Å². The number of likely N-dealkylation sites (tertiary alicyclic amines) is 1. The van der Waals surface area contributed by atoms with E-state index in [1.807, 2.05) is 32.9 Å². The third-order valence-corrected chi connectivity index (χ3v) is 5.90. The third-order valence-electron chi connectivity index (χ3n) is 5.90. The summed E-state index contributed by atoms with van der Waals surface area (Å²) in [5.41, 5.74) is 4.96. The first-order valence-electron chi connectivity index (χ1n) is 14.8. The van der Waals surface area contributed by atoms with E-state index in [-0.39, 0.29) is 17.6 Å². The van der Waals surface area contributed by atoms with Gasteiger partial charge in [-0.3, -0.25) is 4.79 Å². The Hall–Kier alpha value is -3.26. The molecule has 1 saturated heterocycles. The number of rotatable bonds is 13. The van der Waals surface area contributed by atoms with Gasteiger partial charge in [0.05, 0.1) is 6.10 Å². The molecule has 1 N–H and O–H groups in total. The molecule has 0 atom stereocenters. The fourth-order valence-electron chi connectivity index (χ4n) is 3.96. The summed E-state index contributed by atoms with van der Waals surface area (Å²) in [5, 5.41) is 3.39. The Morgan fingerprint density at radius 2 is 1.69 bits per heavy atom. The van der Waals surface area contributed by atoms with Crippen LogP contribution in [0.2, 0.25) is 0 Å². The van der Waals surface area contributed by atoms with Crippen molar-refractivity contribution >= 4 is 11.5 Å². The molecule has 0 bridgehead atoms. The molecule has 1 heterocycles. The van der Waals surface area contributed by atoms with Gasteiger partial charge in [-0.15, -0.1) is 13.2 Å². The van der Waals surface area contributed by atoms with Gasteiger partial charge in [0.25, 0.3) is 0 Å². The minimum atomic E-state index is -4.71. The Bertz CT molecular complexity index is 1050. The van der Waals surface area contributed by atoms with Gasteiger partial charge in [-0.1, -0.05) is 65.8 Å². The molecule has 0 aromatic heterocycles. The lowest BCUT2D eigenvalue weighted by Gasteiger charge is -2.42. The number of halogens is 3. The number of hydrogen-bond acceptors (Lipinski definition) is 5. The van der Waals surface area contributed by atoms with Gasteiger partial charge in [0.2, 0.25) is 0 Å². The van der Waals surface area contributed by atoms with Crippen LogP contribution >= 0.6 is 0 Å². The van der Waals surface area contributed by atoms with E-state index >= 15 is 0 Å². The van der Waals surface area contributed by atoms with Crippen LogP contribution in [0.15, 0.2) is 83.8 Å². The fraction of sp³-hybridized carbons (Fsp3) is 0.500. The highest BCUT2D eigenvalue weighted by molar-refractivity contribution is 5.88. The molecule has 0 radical (unpaired) electrons. The maximum Gasteiger partial charge on any atom is 0.573 e. The lowest BCUT2D eigenvalue weighted by molar-refractivity contribution is -0.274. The zero-order valence-electron chi connectivity index (χ0n) is 26.7. The van der Waals surface area contributed by atoms with Crippen molar-refractivity contribution in [3.63, 3.8) is 0 Å². The lowest BCUT2D eigenvalue weighted by atomic mass is 9.94. The summed E-state index contributed by atoms with van der Waals surface area (Å²) in [6.07, 6.45) is 9.76. The molecular weight excluding hydrogens is 541 g/mol. The van der Waals surface area contributed by atoms with E-state index in [0.717, 1.165) is 49.3 Å². The molecule has 0 unspecified atom stereocenters. The van der Waals surface area contributed by atoms with Crippen molar-refractivity contribution < 1.29 is 27.4 Å². The number of hydrogen-bond donors (Lipinski definition) is 1. The Labute approximate surface area is 251 Å². The second kappa shape index (κ2) is 21.4. The summed E-state index contributed by atoms with van der Waals surface area (Å²) in [6.45, 7) is 19.3. The summed E-state index contributed by atoms with van der Waals surface area (Å²) < 4.78 is 46.8. The summed E-state index contributed by atoms with van der Waals surface area (Å²) in [5.74, 6) is -0.107. The van der Waals surface area contributed by atoms with E-state index in [4.69, 9.17) is 4.74 Å². The van der Waals surface area contributed by atoms with E-state index in [1.54, 1.807) is 19.2 Å². The highest BCUT2D eigenvalue weighted by Gasteiger charge is 2.31. The van der Waals surface area contributed by atoms with Crippen molar-refractivity contribution in [2.45, 2.75) is 93.0 Å². The van der Waals surface area contributed by atoms with Crippen LogP contribution in [0.4, 0.5) is 18.9 Å². The maximum atomic E-state index is 12.5. The topological polar surface area (TPSA) is 50.8 Å². The number of allylic oxidation sites excluding steroid dienone is 6. The molecule has 1 aromatic carbocycles. The van der Waals surface area contributed by atoms with Crippen LogP contribution in [0.5, 0.6) is 5.75 Å². The van der Waals surface area contributed by atoms with Gasteiger partial charge in [-0.25, -0.2) is 0 Å². The summed E-state index contributed by atoms with van der Waals surface area (Å²) in [4.78, 5) is 12.6. The van der Waals surface area contributed by atoms with Gasteiger partial charge < -0.3 is 19.7 Å². The Morgan fingerprint density at radius 1 is 1.10 bits per heavy atom. The summed E-state index contributed by atoms with van der Waals surface area (Å²) in [6, 6.07) is 5.77. The molecule has 0 amide bonds. The van der Waals surface area contributed by atoms with Crippen LogP contribution in [0.1, 0.15) is 80.6 Å². The van der Waals surface area contributed by atoms with Crippen LogP contribution in [-0.2, 0) is 9.53 Å². The van der Waals surface area contributed by atoms with Crippen LogP contribution in [0.25, 0.3) is 0 Å². The molecule has 1 aliphatic heterocycles. The van der Waals surface area contributed by atoms with E-state index in [1.165, 1.54) is 30.2 Å². The van der Waals surface area contributed by atoms with Crippen molar-refractivity contribution in [2.75, 3.05) is 25.5 Å². The minimum absolute atomic E-state index is 0.141. The van der Waals surface area contributed by atoms with Gasteiger partial charge in [0, 0.05) is 49.3 Å². The Balaban J connectivity index is 0.00000144. The first-order valence-corrected chi connectivity index (χ1v) is 14.8. The van der Waals surface area contributed by atoms with Crippen molar-refractivity contribution in [2.24, 2.45) is 0 Å². The molecule has 5 nitrogen and oxygen atoms in total. The van der Waals surface area contributed by atoms with Crippen LogP contribution in [0.3, 0.4) is 0 Å². The number of ether oxygens (including phenoxy) is 2. The molecule has 1 aromatic rings. The standard InChI is InChI=1S/C25H33F3N2O2.C6H10O.C3H8/c1-6-10-18(8-3)24(23(11-7-2)30-16-21(17-30)31-5)22(9-4)29-19-12-14-20(15-13-19)32-25(26,27)28;1-3-5-6(7)4-2;1-3-2/h7,9-15,21,29H,6,8,16-17H2,1-5H3;4H,2-3,5H2,1H3;3H2,1-2H3/b11-7-,18-10+,22-9-,24-23+;;. The molecular formula is C34H51F3N2O3. The maximum absolute atomic E-state index is 12.5. The number of alkyl halides is 3. The summed E-state index contributed by atoms with van der Waals surface area (Å²) >= 11 is 0. The number of methoxy groups -OCH3 is 1. The number of carbonyl (C=O) groups excluding carboxylic acids is 1. The molecule has 2 rings (SSSR count). The van der Waals surface area contributed by atoms with E-state index in [9.17, 15) is 18.0 Å². The minimum Gasteiger partial charge on any atom is -0.406 e. The average molecular weight is 593 g/mol. The first-order chi connectivity index (χ1) is 20.0. The highest BCUT2D eigenvalue weighted by atomic mass is 19.4. The van der Waals surface area contributed by atoms with Gasteiger partial charge in [-0.05, 0) is 75.1 Å². The first kappa shape index (κ1) is 38.7. The van der Waals surface area contributed by atoms with Crippen molar-refractivity contribution in [3.8, 4) is 5.75 Å². The molecule has 236 valence electrons. The van der Waals surface area contributed by atoms with Crippen molar-refractivity contribution in [1.82, 2.24) is 4.90 Å². The van der Waals surface area contributed by atoms with E-state index in [2.05, 4.69) is 61.4 Å². The van der Waals surface area contributed by atoms with Crippen LogP contribution in [0, 0.1) is 0 Å². The molecule has 42 heavy (non-hydrogen) atoms. The molecule has 1 aliphatic rings. The van der Waals surface area contributed by atoms with Gasteiger partial charge in [-0.2, -0.15) is 0 Å². The van der Waals surface area contributed by atoms with Gasteiger partial charge in [0.15, 0.2) is 5.78 Å². The second-order valence-corrected chi connectivity index (χ2v) is 9.54. The predicted octanol–water partition coefficient (Wildman–Crippen LogP) is 9.77. The normalized spacial score (nSPS) is 14.6. The van der Waals surface area contributed by atoms with Crippen molar-refractivity contribution in [1.29, 1.82) is 0 Å². The largest absolute Gasteiger partial charge is 0.573 e. The molecule has 0 aliphatic carbocycles. The zero-order valence-corrected chi connectivity index (χ0v) is 26.7. The number of nitrogens with zero attached hydrogens (tertiary/aromatic N) is 1. The van der Waals surface area contributed by atoms with E-state index < -0.39 is 6.36 Å². The summed E-state index contributed by atoms with van der Waals surface area (Å²) in [7, 11) is 1.72. The smallest absolute Gasteiger partial charge is 0.406 e. The quantitative estimate of drug-likeness (QED) is 0.183. The number of carbonyl (C=O) groups is 1. The number of anilines is 1. The predicted molar refractivity (Wildman–Crippen MR) is 169 cm³/mol. The Morgan fingerprint density at radius 3 is 2.07 bits per heavy atom. The zero-order chi connectivity index (χ0) is 32.1. The SMILES string of the molecule is C=CC(=O)CCC.CCC.C\C=C/C(=C(C(=C\C)\Nc1ccc(OC(F)(F)F)cc1)/C(=C/CC)CC)N1CC(OC)C1. The number of ketones is 1. The molecule has 0 saturated carbocycles. The average Bonchev–Trinajstić information content (AvgIpc) is 2.92. The number of nitrogens with one attached hydrogen (secondary N) is 1. The molecule has 0 spiro atoms. The molecule has 1 fully saturated rings. The van der Waals surface area contributed by atoms with Gasteiger partial charge >= 0.3 is 6.36 Å². The second-order valence-electron chi connectivity index (χ2n) is 9.54. The Kier molecular flexibility index (Phi) is 19.8. The highest BCUT2D eigenvalue weighted by Crippen LogP contribution is 2.33. The monoisotopic (exact) mass is 592 g/mol. The lowest BCUT2D eigenvalue weighted by Crippen LogP contribution is -2.51. The molecule has 8 heteroatoms. The number of benzene rings is 1. The van der Waals surface area contributed by atoms with Crippen molar-refractivity contribution in [3.05, 3.63) is 83.8 Å².